The van der Waals surface area contributed by atoms with Crippen LogP contribution in [0.3, 0.4) is 0 Å². The molecule has 0 aliphatic rings. The standard InChI is InChI=1S/C15H12Br2N2/c1-10-2-3-12(14(17)6-10)9-19-15-7-13(16)5-4-11(15)8-18/h2-7,19H,9H2,1H3. The minimum atomic E-state index is 0.645. The van der Waals surface area contributed by atoms with Gasteiger partial charge in [0, 0.05) is 15.5 Å². The number of nitrogens with zero attached hydrogens (tertiary/aromatic N) is 1. The summed E-state index contributed by atoms with van der Waals surface area (Å²) in [5, 5.41) is 12.4. The maximum Gasteiger partial charge on any atom is 0.101 e. The summed E-state index contributed by atoms with van der Waals surface area (Å²) in [4.78, 5) is 0. The first-order valence-corrected chi connectivity index (χ1v) is 7.37. The van der Waals surface area contributed by atoms with Crippen molar-refractivity contribution in [2.45, 2.75) is 13.5 Å². The topological polar surface area (TPSA) is 35.8 Å². The highest BCUT2D eigenvalue weighted by atomic mass is 79.9. The number of benzene rings is 2. The van der Waals surface area contributed by atoms with Crippen LogP contribution in [0, 0.1) is 18.3 Å². The summed E-state index contributed by atoms with van der Waals surface area (Å²) in [6.45, 7) is 2.73. The molecule has 4 heteroatoms. The number of halogens is 2. The van der Waals surface area contributed by atoms with Crippen LogP contribution in [0.25, 0.3) is 0 Å². The molecule has 0 spiro atoms. The average Bonchev–Trinajstić information content (AvgIpc) is 2.38. The van der Waals surface area contributed by atoms with Crippen LogP contribution in [0.1, 0.15) is 16.7 Å². The van der Waals surface area contributed by atoms with E-state index in [0.29, 0.717) is 12.1 Å². The van der Waals surface area contributed by atoms with E-state index < -0.39 is 0 Å². The van der Waals surface area contributed by atoms with Crippen LogP contribution < -0.4 is 5.32 Å². The minimum Gasteiger partial charge on any atom is -0.380 e. The highest BCUT2D eigenvalue weighted by Crippen LogP contribution is 2.23. The first kappa shape index (κ1) is 14.1. The fourth-order valence-corrected chi connectivity index (χ4v) is 2.74. The molecule has 2 rings (SSSR count). The molecule has 0 aromatic heterocycles. The minimum absolute atomic E-state index is 0.645. The van der Waals surface area contributed by atoms with Crippen LogP contribution in [0.15, 0.2) is 45.3 Å². The second-order valence-electron chi connectivity index (χ2n) is 4.25. The third-order valence-electron chi connectivity index (χ3n) is 2.78. The third kappa shape index (κ3) is 3.59. The van der Waals surface area contributed by atoms with Gasteiger partial charge in [0.1, 0.15) is 6.07 Å². The highest BCUT2D eigenvalue weighted by Gasteiger charge is 2.04. The Hall–Kier alpha value is -1.31. The van der Waals surface area contributed by atoms with Gasteiger partial charge in [-0.15, -0.1) is 0 Å². The summed E-state index contributed by atoms with van der Waals surface area (Å²) in [6, 6.07) is 14.0. The molecule has 0 heterocycles. The zero-order valence-electron chi connectivity index (χ0n) is 10.4. The van der Waals surface area contributed by atoms with Crippen molar-refractivity contribution < 1.29 is 0 Å². The summed E-state index contributed by atoms with van der Waals surface area (Å²) >= 11 is 6.97. The van der Waals surface area contributed by atoms with E-state index in [2.05, 4.69) is 68.4 Å². The first-order valence-electron chi connectivity index (χ1n) is 5.78. The van der Waals surface area contributed by atoms with Crippen molar-refractivity contribution in [3.63, 3.8) is 0 Å². The van der Waals surface area contributed by atoms with Gasteiger partial charge in [-0.1, -0.05) is 44.0 Å². The van der Waals surface area contributed by atoms with Gasteiger partial charge in [0.05, 0.1) is 11.3 Å². The Morgan fingerprint density at radius 2 is 1.95 bits per heavy atom. The SMILES string of the molecule is Cc1ccc(CNc2cc(Br)ccc2C#N)c(Br)c1. The van der Waals surface area contributed by atoms with E-state index in [1.165, 1.54) is 5.56 Å². The number of hydrogen-bond donors (Lipinski definition) is 1. The molecule has 0 unspecified atom stereocenters. The van der Waals surface area contributed by atoms with Gasteiger partial charge in [0.15, 0.2) is 0 Å². The number of nitrogens with one attached hydrogen (secondary N) is 1. The van der Waals surface area contributed by atoms with E-state index >= 15 is 0 Å². The molecule has 96 valence electrons. The lowest BCUT2D eigenvalue weighted by atomic mass is 10.1. The molecule has 0 saturated heterocycles. The van der Waals surface area contributed by atoms with Crippen LogP contribution >= 0.6 is 31.9 Å². The number of anilines is 1. The van der Waals surface area contributed by atoms with Crippen LogP contribution in [-0.4, -0.2) is 0 Å². The monoisotopic (exact) mass is 378 g/mol. The Kier molecular flexibility index (Phi) is 4.62. The maximum atomic E-state index is 9.08. The van der Waals surface area contributed by atoms with E-state index in [0.717, 1.165) is 20.2 Å². The third-order valence-corrected chi connectivity index (χ3v) is 4.01. The van der Waals surface area contributed by atoms with Crippen LogP contribution in [0.4, 0.5) is 5.69 Å². The lowest BCUT2D eigenvalue weighted by molar-refractivity contribution is 1.13. The molecule has 0 amide bonds. The molecular formula is C15H12Br2N2. The molecule has 2 aromatic carbocycles. The molecule has 0 fully saturated rings. The van der Waals surface area contributed by atoms with Crippen molar-refractivity contribution in [1.82, 2.24) is 0 Å². The Morgan fingerprint density at radius 3 is 2.63 bits per heavy atom. The lowest BCUT2D eigenvalue weighted by Crippen LogP contribution is -2.02. The summed E-state index contributed by atoms with van der Waals surface area (Å²) in [5.74, 6) is 0. The maximum absolute atomic E-state index is 9.08. The van der Waals surface area contributed by atoms with Gasteiger partial charge in [0.25, 0.3) is 0 Å². The second-order valence-corrected chi connectivity index (χ2v) is 6.02. The molecule has 2 nitrogen and oxygen atoms in total. The molecule has 0 atom stereocenters. The zero-order valence-corrected chi connectivity index (χ0v) is 13.5. The molecule has 0 aliphatic carbocycles. The van der Waals surface area contributed by atoms with Gasteiger partial charge >= 0.3 is 0 Å². The van der Waals surface area contributed by atoms with Crippen molar-refractivity contribution in [3.8, 4) is 6.07 Å². The predicted molar refractivity (Wildman–Crippen MR) is 85.1 cm³/mol. The predicted octanol–water partition coefficient (Wildman–Crippen LogP) is 5.00. The Bertz CT molecular complexity index is 645. The van der Waals surface area contributed by atoms with Gasteiger partial charge in [-0.3, -0.25) is 0 Å². The molecule has 1 N–H and O–H groups in total. The molecule has 0 aliphatic heterocycles. The van der Waals surface area contributed by atoms with E-state index in [9.17, 15) is 0 Å². The van der Waals surface area contributed by atoms with Crippen LogP contribution in [0.5, 0.6) is 0 Å². The average molecular weight is 380 g/mol. The van der Waals surface area contributed by atoms with E-state index in [-0.39, 0.29) is 0 Å². The Morgan fingerprint density at radius 1 is 1.16 bits per heavy atom. The van der Waals surface area contributed by atoms with Crippen molar-refractivity contribution in [2.24, 2.45) is 0 Å². The van der Waals surface area contributed by atoms with E-state index in [4.69, 9.17) is 5.26 Å². The Balaban J connectivity index is 2.19. The molecular weight excluding hydrogens is 368 g/mol. The van der Waals surface area contributed by atoms with Gasteiger partial charge in [-0.25, -0.2) is 0 Å². The van der Waals surface area contributed by atoms with Gasteiger partial charge < -0.3 is 5.32 Å². The second kappa shape index (κ2) is 6.23. The first-order chi connectivity index (χ1) is 9.10. The lowest BCUT2D eigenvalue weighted by Gasteiger charge is -2.10. The van der Waals surface area contributed by atoms with Crippen LogP contribution in [-0.2, 0) is 6.54 Å². The molecule has 0 radical (unpaired) electrons. The van der Waals surface area contributed by atoms with Gasteiger partial charge in [0.2, 0.25) is 0 Å². The number of aryl methyl sites for hydroxylation is 1. The molecule has 0 bridgehead atoms. The zero-order chi connectivity index (χ0) is 13.8. The highest BCUT2D eigenvalue weighted by molar-refractivity contribution is 9.10. The fraction of sp³-hybridized carbons (Fsp3) is 0.133. The largest absolute Gasteiger partial charge is 0.380 e. The van der Waals surface area contributed by atoms with Crippen molar-refractivity contribution >= 4 is 37.5 Å². The van der Waals surface area contributed by atoms with Gasteiger partial charge in [-0.2, -0.15) is 5.26 Å². The normalized spacial score (nSPS) is 10.0. The van der Waals surface area contributed by atoms with Crippen LogP contribution in [0.2, 0.25) is 0 Å². The van der Waals surface area contributed by atoms with E-state index in [1.54, 1.807) is 6.07 Å². The van der Waals surface area contributed by atoms with Crippen molar-refractivity contribution in [2.75, 3.05) is 5.32 Å². The summed E-state index contributed by atoms with van der Waals surface area (Å²) < 4.78 is 2.03. The molecule has 0 saturated carbocycles. The number of rotatable bonds is 3. The number of hydrogen-bond acceptors (Lipinski definition) is 2. The molecule has 2 aromatic rings. The smallest absolute Gasteiger partial charge is 0.101 e. The van der Waals surface area contributed by atoms with Gasteiger partial charge in [-0.05, 0) is 42.3 Å². The van der Waals surface area contributed by atoms with E-state index in [1.807, 2.05) is 12.1 Å². The summed E-state index contributed by atoms with van der Waals surface area (Å²) in [5.41, 5.74) is 3.86. The van der Waals surface area contributed by atoms with Crippen molar-refractivity contribution in [1.29, 1.82) is 5.26 Å². The number of nitriles is 1. The fourth-order valence-electron chi connectivity index (χ4n) is 1.75. The quantitative estimate of drug-likeness (QED) is 0.813. The summed E-state index contributed by atoms with van der Waals surface area (Å²) in [6.07, 6.45) is 0. The Labute approximate surface area is 129 Å². The van der Waals surface area contributed by atoms with Crippen molar-refractivity contribution in [3.05, 3.63) is 62.0 Å². The summed E-state index contributed by atoms with van der Waals surface area (Å²) in [7, 11) is 0. The molecule has 19 heavy (non-hydrogen) atoms.